The van der Waals surface area contributed by atoms with E-state index in [1.54, 1.807) is 12.1 Å². The summed E-state index contributed by atoms with van der Waals surface area (Å²) in [7, 11) is 0. The largest absolute Gasteiger partial charge is 0.378 e. The van der Waals surface area contributed by atoms with Gasteiger partial charge in [-0.15, -0.1) is 0 Å². The molecule has 0 spiro atoms. The molecule has 28 heavy (non-hydrogen) atoms. The van der Waals surface area contributed by atoms with Gasteiger partial charge in [-0.1, -0.05) is 55.0 Å². The third kappa shape index (κ3) is 3.54. The fourth-order valence-electron chi connectivity index (χ4n) is 3.81. The number of halogens is 2. The highest BCUT2D eigenvalue weighted by Crippen LogP contribution is 2.29. The van der Waals surface area contributed by atoms with Gasteiger partial charge in [-0.25, -0.2) is 4.39 Å². The number of hydrogen-bond acceptors (Lipinski definition) is 2. The van der Waals surface area contributed by atoms with Crippen LogP contribution < -0.4 is 0 Å². The summed E-state index contributed by atoms with van der Waals surface area (Å²) in [6, 6.07) is 11.1. The SMILES string of the molecule is CCc1cccc2c(C(=S)N3CCOCC3)cn(Cc3c(F)cccc3Cl)c12. The Morgan fingerprint density at radius 1 is 1.18 bits per heavy atom. The molecule has 0 saturated carbocycles. The van der Waals surface area contributed by atoms with Crippen LogP contribution in [0.1, 0.15) is 23.6 Å². The van der Waals surface area contributed by atoms with Crippen LogP contribution >= 0.6 is 23.8 Å². The molecule has 1 aliphatic heterocycles. The number of ether oxygens (including phenoxy) is 1. The van der Waals surface area contributed by atoms with Crippen LogP contribution in [0.3, 0.4) is 0 Å². The Kier molecular flexibility index (Phi) is 5.67. The average molecular weight is 417 g/mol. The fraction of sp³-hybridized carbons (Fsp3) is 0.318. The maximum Gasteiger partial charge on any atom is 0.129 e. The van der Waals surface area contributed by atoms with Crippen LogP contribution in [0.5, 0.6) is 0 Å². The van der Waals surface area contributed by atoms with Gasteiger partial charge in [0, 0.05) is 40.8 Å². The molecule has 1 aromatic heterocycles. The molecular formula is C22H22ClFN2OS. The summed E-state index contributed by atoms with van der Waals surface area (Å²) in [4.78, 5) is 3.01. The van der Waals surface area contributed by atoms with Gasteiger partial charge in [-0.3, -0.25) is 0 Å². The molecule has 0 aliphatic carbocycles. The van der Waals surface area contributed by atoms with E-state index in [9.17, 15) is 4.39 Å². The Labute approximate surface area is 174 Å². The molecular weight excluding hydrogens is 395 g/mol. The van der Waals surface area contributed by atoms with Crippen molar-refractivity contribution in [2.45, 2.75) is 19.9 Å². The van der Waals surface area contributed by atoms with Gasteiger partial charge < -0.3 is 14.2 Å². The first-order valence-electron chi connectivity index (χ1n) is 9.50. The zero-order chi connectivity index (χ0) is 19.7. The normalized spacial score (nSPS) is 14.6. The highest BCUT2D eigenvalue weighted by Gasteiger charge is 2.21. The van der Waals surface area contributed by atoms with Crippen molar-refractivity contribution in [3.05, 3.63) is 70.1 Å². The van der Waals surface area contributed by atoms with E-state index in [-0.39, 0.29) is 5.82 Å². The number of aryl methyl sites for hydroxylation is 1. The van der Waals surface area contributed by atoms with E-state index in [0.29, 0.717) is 30.3 Å². The van der Waals surface area contributed by atoms with E-state index < -0.39 is 0 Å². The quantitative estimate of drug-likeness (QED) is 0.554. The molecule has 2 heterocycles. The number of nitrogens with zero attached hydrogens (tertiary/aromatic N) is 2. The van der Waals surface area contributed by atoms with E-state index >= 15 is 0 Å². The summed E-state index contributed by atoms with van der Waals surface area (Å²) < 4.78 is 22.0. The highest BCUT2D eigenvalue weighted by atomic mass is 35.5. The lowest BCUT2D eigenvalue weighted by atomic mass is 10.1. The van der Waals surface area contributed by atoms with E-state index in [1.807, 2.05) is 6.20 Å². The number of thiocarbonyl (C=S) groups is 1. The first-order chi connectivity index (χ1) is 13.6. The molecule has 1 saturated heterocycles. The molecule has 1 aliphatic rings. The number of hydrogen-bond donors (Lipinski definition) is 0. The Morgan fingerprint density at radius 2 is 1.93 bits per heavy atom. The second kappa shape index (κ2) is 8.19. The standard InChI is InChI=1S/C22H22ClFN2OS/c1-2-15-5-3-6-16-17(22(28)25-9-11-27-12-10-25)13-26(21(15)16)14-18-19(23)7-4-8-20(18)24/h3-8,13H,2,9-12,14H2,1H3. The topological polar surface area (TPSA) is 17.4 Å². The zero-order valence-corrected chi connectivity index (χ0v) is 17.3. The van der Waals surface area contributed by atoms with Crippen molar-refractivity contribution < 1.29 is 9.13 Å². The van der Waals surface area contributed by atoms with Gasteiger partial charge in [0.15, 0.2) is 0 Å². The molecule has 0 unspecified atom stereocenters. The molecule has 2 aromatic carbocycles. The number of morpholine rings is 1. The van der Waals surface area contributed by atoms with Crippen molar-refractivity contribution in [2.75, 3.05) is 26.3 Å². The summed E-state index contributed by atoms with van der Waals surface area (Å²) in [6.07, 6.45) is 2.93. The molecule has 146 valence electrons. The maximum absolute atomic E-state index is 14.4. The summed E-state index contributed by atoms with van der Waals surface area (Å²) in [5.41, 5.74) is 3.81. The molecule has 6 heteroatoms. The molecule has 0 radical (unpaired) electrons. The second-order valence-corrected chi connectivity index (χ2v) is 7.74. The van der Waals surface area contributed by atoms with Crippen LogP contribution in [0, 0.1) is 5.82 Å². The van der Waals surface area contributed by atoms with Crippen molar-refractivity contribution in [1.82, 2.24) is 9.47 Å². The maximum atomic E-state index is 14.4. The number of benzene rings is 2. The highest BCUT2D eigenvalue weighted by molar-refractivity contribution is 7.80. The predicted molar refractivity (Wildman–Crippen MR) is 116 cm³/mol. The first kappa shape index (κ1) is 19.4. The van der Waals surface area contributed by atoms with Gasteiger partial charge >= 0.3 is 0 Å². The Balaban J connectivity index is 1.83. The van der Waals surface area contributed by atoms with Crippen LogP contribution in [-0.2, 0) is 17.7 Å². The van der Waals surface area contributed by atoms with Crippen molar-refractivity contribution in [3.8, 4) is 0 Å². The monoisotopic (exact) mass is 416 g/mol. The fourth-order valence-corrected chi connectivity index (χ4v) is 4.38. The number of aromatic nitrogens is 1. The molecule has 0 bridgehead atoms. The van der Waals surface area contributed by atoms with Gasteiger partial charge in [0.05, 0.1) is 25.3 Å². The van der Waals surface area contributed by atoms with Crippen molar-refractivity contribution in [1.29, 1.82) is 0 Å². The first-order valence-corrected chi connectivity index (χ1v) is 10.3. The minimum atomic E-state index is -0.291. The number of para-hydroxylation sites is 1. The Hall–Kier alpha value is -1.95. The van der Waals surface area contributed by atoms with Crippen molar-refractivity contribution in [3.63, 3.8) is 0 Å². The minimum absolute atomic E-state index is 0.291. The van der Waals surface area contributed by atoms with Crippen LogP contribution in [0.15, 0.2) is 42.6 Å². The molecule has 0 atom stereocenters. The van der Waals surface area contributed by atoms with Crippen LogP contribution in [-0.4, -0.2) is 40.8 Å². The zero-order valence-electron chi connectivity index (χ0n) is 15.8. The van der Waals surface area contributed by atoms with E-state index in [2.05, 4.69) is 34.6 Å². The van der Waals surface area contributed by atoms with Crippen LogP contribution in [0.25, 0.3) is 10.9 Å². The van der Waals surface area contributed by atoms with Gasteiger partial charge in [-0.05, 0) is 24.1 Å². The third-order valence-electron chi connectivity index (χ3n) is 5.28. The van der Waals surface area contributed by atoms with Crippen LogP contribution in [0.2, 0.25) is 5.02 Å². The number of fused-ring (bicyclic) bond motifs is 1. The van der Waals surface area contributed by atoms with Gasteiger partial charge in [0.25, 0.3) is 0 Å². The Bertz CT molecular complexity index is 1010. The summed E-state index contributed by atoms with van der Waals surface area (Å²) in [5.74, 6) is -0.291. The van der Waals surface area contributed by atoms with Gasteiger partial charge in [-0.2, -0.15) is 0 Å². The molecule has 0 amide bonds. The van der Waals surface area contributed by atoms with Crippen molar-refractivity contribution >= 4 is 39.7 Å². The molecule has 0 N–H and O–H groups in total. The smallest absolute Gasteiger partial charge is 0.129 e. The molecule has 1 fully saturated rings. The Morgan fingerprint density at radius 3 is 2.64 bits per heavy atom. The lowest BCUT2D eigenvalue weighted by Gasteiger charge is -2.29. The van der Waals surface area contributed by atoms with Gasteiger partial charge in [0.1, 0.15) is 10.8 Å². The van der Waals surface area contributed by atoms with Crippen LogP contribution in [0.4, 0.5) is 4.39 Å². The molecule has 3 aromatic rings. The van der Waals surface area contributed by atoms with Crippen molar-refractivity contribution in [2.24, 2.45) is 0 Å². The summed E-state index contributed by atoms with van der Waals surface area (Å²) in [6.45, 7) is 5.44. The van der Waals surface area contributed by atoms with E-state index in [1.165, 1.54) is 11.6 Å². The molecule has 3 nitrogen and oxygen atoms in total. The lowest BCUT2D eigenvalue weighted by molar-refractivity contribution is 0.0693. The number of rotatable bonds is 4. The summed E-state index contributed by atoms with van der Waals surface area (Å²) >= 11 is 12.1. The average Bonchev–Trinajstić information content (AvgIpc) is 3.09. The predicted octanol–water partition coefficient (Wildman–Crippen LogP) is 5.05. The van der Waals surface area contributed by atoms with Gasteiger partial charge in [0.2, 0.25) is 0 Å². The third-order valence-corrected chi connectivity index (χ3v) is 6.11. The lowest BCUT2D eigenvalue weighted by Crippen LogP contribution is -2.40. The second-order valence-electron chi connectivity index (χ2n) is 6.94. The van der Waals surface area contributed by atoms with E-state index in [4.69, 9.17) is 28.6 Å². The minimum Gasteiger partial charge on any atom is -0.378 e. The summed E-state index contributed by atoms with van der Waals surface area (Å²) in [5, 5.41) is 1.54. The van der Waals surface area contributed by atoms with E-state index in [0.717, 1.165) is 41.0 Å². The molecule has 4 rings (SSSR count).